The Morgan fingerprint density at radius 2 is 1.93 bits per heavy atom. The molecular weight excluding hydrogens is 393 g/mol. The van der Waals surface area contributed by atoms with E-state index in [-0.39, 0.29) is 23.7 Å². The number of imidazole rings is 1. The van der Waals surface area contributed by atoms with Crippen molar-refractivity contribution in [1.82, 2.24) is 19.5 Å². The van der Waals surface area contributed by atoms with Gasteiger partial charge in [0.25, 0.3) is 5.56 Å². The Balaban J connectivity index is 2.21. The van der Waals surface area contributed by atoms with Crippen LogP contribution in [0.3, 0.4) is 0 Å². The third-order valence-corrected chi connectivity index (χ3v) is 5.26. The summed E-state index contributed by atoms with van der Waals surface area (Å²) in [4.78, 5) is 33.6. The van der Waals surface area contributed by atoms with Gasteiger partial charge in [-0.2, -0.15) is 4.98 Å². The minimum absolute atomic E-state index is 0.00953. The van der Waals surface area contributed by atoms with Gasteiger partial charge in [-0.3, -0.25) is 14.3 Å². The zero-order chi connectivity index (χ0) is 21.1. The van der Waals surface area contributed by atoms with Gasteiger partial charge in [-0.1, -0.05) is 0 Å². The van der Waals surface area contributed by atoms with Crippen LogP contribution in [0.4, 0.5) is 5.95 Å². The minimum atomic E-state index is -3.68. The third kappa shape index (κ3) is 5.61. The fraction of sp³-hybridized carbons (Fsp3) is 0.600. The van der Waals surface area contributed by atoms with Crippen molar-refractivity contribution in [3.8, 4) is 0 Å². The van der Waals surface area contributed by atoms with Crippen LogP contribution in [0.15, 0.2) is 11.1 Å². The number of fused-ring (bicyclic) bond motifs is 1. The first kappa shape index (κ1) is 22.0. The van der Waals surface area contributed by atoms with E-state index in [2.05, 4.69) is 15.0 Å². The lowest BCUT2D eigenvalue weighted by molar-refractivity contribution is -0.150. The van der Waals surface area contributed by atoms with Gasteiger partial charge < -0.3 is 29.2 Å². The average molecular weight is 417 g/mol. The Morgan fingerprint density at radius 3 is 2.46 bits per heavy atom. The summed E-state index contributed by atoms with van der Waals surface area (Å²) in [6.45, 7) is 6.46. The lowest BCUT2D eigenvalue weighted by Gasteiger charge is -2.24. The van der Waals surface area contributed by atoms with Crippen LogP contribution >= 0.6 is 7.60 Å². The van der Waals surface area contributed by atoms with Gasteiger partial charge in [0.1, 0.15) is 6.35 Å². The predicted molar refractivity (Wildman–Crippen MR) is 100.0 cm³/mol. The molecule has 2 aromatic heterocycles. The zero-order valence-corrected chi connectivity index (χ0v) is 16.9. The third-order valence-electron chi connectivity index (χ3n) is 3.31. The number of rotatable bonds is 10. The highest BCUT2D eigenvalue weighted by Gasteiger charge is 2.32. The van der Waals surface area contributed by atoms with Gasteiger partial charge in [-0.05, 0) is 27.7 Å². The molecule has 0 fully saturated rings. The molecule has 13 heteroatoms. The standard InChI is InChI=1S/C15H24N5O7P/c1-8(2)26-28(24,27-9(3)4)7-25-10(14(22)23)5-20-6-17-11-12(20)18-15(16)19-13(11)21/h6,8-10H,5,7H2,1-4H3,(H,22,23)(H3,16,18,19,21)/t10-/m0/s1. The number of nitrogens with zero attached hydrogens (tertiary/aromatic N) is 3. The van der Waals surface area contributed by atoms with E-state index in [0.29, 0.717) is 0 Å². The number of aliphatic carboxylic acids is 1. The van der Waals surface area contributed by atoms with Gasteiger partial charge in [0.05, 0.1) is 25.1 Å². The molecule has 0 spiro atoms. The molecule has 2 heterocycles. The molecule has 1 atom stereocenters. The van der Waals surface area contributed by atoms with E-state index in [0.717, 1.165) is 0 Å². The highest BCUT2D eigenvalue weighted by molar-refractivity contribution is 7.53. The molecule has 2 rings (SSSR count). The van der Waals surface area contributed by atoms with Gasteiger partial charge >= 0.3 is 13.6 Å². The molecule has 0 saturated heterocycles. The Bertz CT molecular complexity index is 924. The Kier molecular flexibility index (Phi) is 6.94. The van der Waals surface area contributed by atoms with E-state index in [1.807, 2.05) is 0 Å². The molecule has 0 unspecified atom stereocenters. The summed E-state index contributed by atoms with van der Waals surface area (Å²) in [7, 11) is -3.68. The van der Waals surface area contributed by atoms with Crippen LogP contribution in [0.1, 0.15) is 27.7 Å². The second-order valence-corrected chi connectivity index (χ2v) is 8.46. The number of hydrogen-bond donors (Lipinski definition) is 3. The van der Waals surface area contributed by atoms with Crippen molar-refractivity contribution >= 4 is 30.7 Å². The quantitative estimate of drug-likeness (QED) is 0.476. The molecule has 0 radical (unpaired) electrons. The van der Waals surface area contributed by atoms with Crippen LogP contribution in [0.5, 0.6) is 0 Å². The molecule has 0 aliphatic carbocycles. The normalized spacial score (nSPS) is 13.5. The van der Waals surface area contributed by atoms with Crippen molar-refractivity contribution in [3.05, 3.63) is 16.7 Å². The average Bonchev–Trinajstić information content (AvgIpc) is 2.92. The van der Waals surface area contributed by atoms with Gasteiger partial charge in [0.15, 0.2) is 17.3 Å². The first-order valence-corrected chi connectivity index (χ1v) is 10.2. The van der Waals surface area contributed by atoms with Crippen LogP contribution in [-0.4, -0.2) is 55.3 Å². The van der Waals surface area contributed by atoms with Crippen LogP contribution < -0.4 is 11.3 Å². The number of aromatic nitrogens is 4. The van der Waals surface area contributed by atoms with Crippen molar-refractivity contribution in [2.24, 2.45) is 0 Å². The molecule has 0 aliphatic heterocycles. The number of hydrogen-bond acceptors (Lipinski definition) is 9. The minimum Gasteiger partial charge on any atom is -0.479 e. The Morgan fingerprint density at radius 1 is 1.32 bits per heavy atom. The number of carboxylic acids is 1. The zero-order valence-electron chi connectivity index (χ0n) is 16.0. The summed E-state index contributed by atoms with van der Waals surface area (Å²) in [5, 5.41) is 9.47. The first-order valence-electron chi connectivity index (χ1n) is 8.51. The van der Waals surface area contributed by atoms with E-state index in [9.17, 15) is 19.3 Å². The van der Waals surface area contributed by atoms with E-state index < -0.39 is 43.8 Å². The summed E-state index contributed by atoms with van der Waals surface area (Å²) in [6.07, 6.45) is -1.54. The van der Waals surface area contributed by atoms with Gasteiger partial charge in [-0.25, -0.2) is 9.78 Å². The molecule has 0 saturated carbocycles. The first-order chi connectivity index (χ1) is 13.0. The molecular formula is C15H24N5O7P. The SMILES string of the molecule is CC(C)OP(=O)(CO[C@@H](Cn1cnc2c(=O)[nH]c(N)nc21)C(=O)O)OC(C)C. The number of aromatic amines is 1. The number of anilines is 1. The second kappa shape index (κ2) is 8.82. The molecule has 0 aromatic carbocycles. The summed E-state index contributed by atoms with van der Waals surface area (Å²) >= 11 is 0. The highest BCUT2D eigenvalue weighted by Crippen LogP contribution is 2.50. The van der Waals surface area contributed by atoms with Gasteiger partial charge in [-0.15, -0.1) is 0 Å². The van der Waals surface area contributed by atoms with Crippen molar-refractivity contribution in [2.45, 2.75) is 52.6 Å². The van der Waals surface area contributed by atoms with Crippen molar-refractivity contribution in [3.63, 3.8) is 0 Å². The molecule has 4 N–H and O–H groups in total. The molecule has 156 valence electrons. The molecule has 2 aromatic rings. The van der Waals surface area contributed by atoms with Crippen molar-refractivity contribution < 1.29 is 28.3 Å². The fourth-order valence-electron chi connectivity index (χ4n) is 2.39. The maximum Gasteiger partial charge on any atom is 0.356 e. The summed E-state index contributed by atoms with van der Waals surface area (Å²) in [6, 6.07) is 0. The van der Waals surface area contributed by atoms with Crippen LogP contribution in [0.2, 0.25) is 0 Å². The van der Waals surface area contributed by atoms with Crippen LogP contribution in [0, 0.1) is 0 Å². The number of H-pyrrole nitrogens is 1. The summed E-state index contributed by atoms with van der Waals surface area (Å²) in [5.41, 5.74) is 5.10. The second-order valence-electron chi connectivity index (χ2n) is 6.56. The number of nitrogens with two attached hydrogens (primary N) is 1. The summed E-state index contributed by atoms with van der Waals surface area (Å²) in [5.74, 6) is -1.44. The lowest BCUT2D eigenvalue weighted by Crippen LogP contribution is -2.30. The van der Waals surface area contributed by atoms with E-state index >= 15 is 0 Å². The molecule has 0 bridgehead atoms. The predicted octanol–water partition coefficient (Wildman–Crippen LogP) is 1.17. The van der Waals surface area contributed by atoms with Crippen molar-refractivity contribution in [1.29, 1.82) is 0 Å². The summed E-state index contributed by atoms with van der Waals surface area (Å²) < 4.78 is 30.1. The monoisotopic (exact) mass is 417 g/mol. The van der Waals surface area contributed by atoms with Gasteiger partial charge in [0.2, 0.25) is 5.95 Å². The lowest BCUT2D eigenvalue weighted by atomic mass is 10.3. The Labute approximate surface area is 160 Å². The molecule has 28 heavy (non-hydrogen) atoms. The number of nitrogen functional groups attached to an aromatic ring is 1. The maximum absolute atomic E-state index is 12.8. The van der Waals surface area contributed by atoms with Gasteiger partial charge in [0, 0.05) is 0 Å². The largest absolute Gasteiger partial charge is 0.479 e. The van der Waals surface area contributed by atoms with Crippen LogP contribution in [0.25, 0.3) is 11.2 Å². The molecule has 12 nitrogen and oxygen atoms in total. The van der Waals surface area contributed by atoms with Crippen molar-refractivity contribution in [2.75, 3.05) is 12.1 Å². The molecule has 0 amide bonds. The fourth-order valence-corrected chi connectivity index (χ4v) is 4.21. The maximum atomic E-state index is 12.8. The smallest absolute Gasteiger partial charge is 0.356 e. The van der Waals surface area contributed by atoms with E-state index in [4.69, 9.17) is 19.5 Å². The van der Waals surface area contributed by atoms with E-state index in [1.165, 1.54) is 10.9 Å². The topological polar surface area (TPSA) is 172 Å². The molecule has 0 aliphatic rings. The van der Waals surface area contributed by atoms with Crippen LogP contribution in [-0.2, 0) is 29.7 Å². The highest BCUT2D eigenvalue weighted by atomic mass is 31.2. The number of carboxylic acid groups (broad SMARTS) is 1. The Hall–Kier alpha value is -2.27. The van der Waals surface area contributed by atoms with E-state index in [1.54, 1.807) is 27.7 Å². The number of ether oxygens (including phenoxy) is 1. The number of nitrogens with one attached hydrogen (secondary N) is 1. The number of carbonyl (C=O) groups is 1.